The number of nitrogens with one attached hydrogen (secondary N) is 1. The molecule has 2 aliphatic carbocycles. The second-order valence-corrected chi connectivity index (χ2v) is 6.02. The van der Waals surface area contributed by atoms with Crippen LogP contribution in [0.1, 0.15) is 44.1 Å². The van der Waals surface area contributed by atoms with E-state index in [1.807, 2.05) is 19.1 Å². The summed E-state index contributed by atoms with van der Waals surface area (Å²) < 4.78 is 5.36. The molecule has 1 aromatic heterocycles. The average molecular weight is 260 g/mol. The van der Waals surface area contributed by atoms with Gasteiger partial charge in [0.2, 0.25) is 5.91 Å². The second-order valence-electron chi connectivity index (χ2n) is 6.02. The number of fused-ring (bicyclic) bond motifs is 1. The normalized spacial score (nSPS) is 33.2. The molecule has 1 N–H and O–H groups in total. The number of aryl methyl sites for hydroxylation is 1. The standard InChI is InChI=1S/C15H20N2O2/c1-10-6-7-11(19-10)9-16-17-14(18)13-12-5-3-4-8-15(12,13)2/h6-7,9,12-13H,3-5,8H2,1-2H3,(H,17,18)/b16-9+. The summed E-state index contributed by atoms with van der Waals surface area (Å²) >= 11 is 0. The van der Waals surface area contributed by atoms with Gasteiger partial charge in [0, 0.05) is 5.92 Å². The van der Waals surface area contributed by atoms with Crippen molar-refractivity contribution < 1.29 is 9.21 Å². The predicted octanol–water partition coefficient (Wildman–Crippen LogP) is 2.86. The first-order valence-electron chi connectivity index (χ1n) is 7.00. The first-order chi connectivity index (χ1) is 9.11. The minimum Gasteiger partial charge on any atom is -0.460 e. The van der Waals surface area contributed by atoms with Crippen LogP contribution in [0.15, 0.2) is 21.7 Å². The van der Waals surface area contributed by atoms with E-state index in [1.165, 1.54) is 25.7 Å². The van der Waals surface area contributed by atoms with Crippen molar-refractivity contribution in [3.8, 4) is 0 Å². The Bertz CT molecular complexity index is 520. The lowest BCUT2D eigenvalue weighted by molar-refractivity contribution is -0.123. The van der Waals surface area contributed by atoms with Crippen molar-refractivity contribution in [2.75, 3.05) is 0 Å². The van der Waals surface area contributed by atoms with Crippen LogP contribution >= 0.6 is 0 Å². The first kappa shape index (κ1) is 12.5. The van der Waals surface area contributed by atoms with Crippen LogP contribution < -0.4 is 5.43 Å². The molecule has 1 amide bonds. The molecule has 0 aliphatic heterocycles. The van der Waals surface area contributed by atoms with Crippen LogP contribution in [0, 0.1) is 24.2 Å². The SMILES string of the molecule is Cc1ccc(/C=N/NC(=O)C2C3CCCCC32C)o1. The smallest absolute Gasteiger partial charge is 0.244 e. The Morgan fingerprint density at radius 3 is 3.00 bits per heavy atom. The second kappa shape index (κ2) is 4.51. The van der Waals surface area contributed by atoms with Crippen LogP contribution in [0.5, 0.6) is 0 Å². The van der Waals surface area contributed by atoms with Crippen LogP contribution in [-0.4, -0.2) is 12.1 Å². The topological polar surface area (TPSA) is 54.6 Å². The lowest BCUT2D eigenvalue weighted by atomic mass is 9.90. The van der Waals surface area contributed by atoms with Crippen LogP contribution in [-0.2, 0) is 4.79 Å². The van der Waals surface area contributed by atoms with Crippen molar-refractivity contribution in [3.63, 3.8) is 0 Å². The number of hydrogen-bond donors (Lipinski definition) is 1. The quantitative estimate of drug-likeness (QED) is 0.671. The lowest BCUT2D eigenvalue weighted by Gasteiger charge is -2.15. The Balaban J connectivity index is 1.56. The van der Waals surface area contributed by atoms with Crippen molar-refractivity contribution in [1.82, 2.24) is 5.43 Å². The summed E-state index contributed by atoms with van der Waals surface area (Å²) in [4.78, 5) is 12.1. The molecule has 0 saturated heterocycles. The third kappa shape index (κ3) is 2.20. The van der Waals surface area contributed by atoms with E-state index < -0.39 is 0 Å². The molecule has 4 nitrogen and oxygen atoms in total. The van der Waals surface area contributed by atoms with Gasteiger partial charge in [-0.1, -0.05) is 19.8 Å². The minimum absolute atomic E-state index is 0.0638. The Kier molecular flexibility index (Phi) is 2.96. The maximum absolute atomic E-state index is 12.1. The molecule has 0 radical (unpaired) electrons. The van der Waals surface area contributed by atoms with Gasteiger partial charge in [-0.05, 0) is 43.2 Å². The highest BCUT2D eigenvalue weighted by molar-refractivity contribution is 5.85. The van der Waals surface area contributed by atoms with Gasteiger partial charge in [-0.3, -0.25) is 4.79 Å². The fourth-order valence-corrected chi connectivity index (χ4v) is 3.60. The monoisotopic (exact) mass is 260 g/mol. The number of amides is 1. The molecule has 1 heterocycles. The highest BCUT2D eigenvalue weighted by Gasteiger charge is 2.64. The molecule has 2 aliphatic rings. The molecule has 4 heteroatoms. The summed E-state index contributed by atoms with van der Waals surface area (Å²) in [6, 6.07) is 3.71. The summed E-state index contributed by atoms with van der Waals surface area (Å²) in [6.07, 6.45) is 6.44. The summed E-state index contributed by atoms with van der Waals surface area (Å²) in [5.41, 5.74) is 2.89. The van der Waals surface area contributed by atoms with Gasteiger partial charge in [0.25, 0.3) is 0 Å². The van der Waals surface area contributed by atoms with Crippen LogP contribution in [0.2, 0.25) is 0 Å². The van der Waals surface area contributed by atoms with E-state index in [-0.39, 0.29) is 17.2 Å². The van der Waals surface area contributed by atoms with E-state index in [1.54, 1.807) is 6.21 Å². The molecule has 2 fully saturated rings. The van der Waals surface area contributed by atoms with Gasteiger partial charge in [-0.25, -0.2) is 5.43 Å². The molecule has 3 unspecified atom stereocenters. The van der Waals surface area contributed by atoms with E-state index in [0.717, 1.165) is 5.76 Å². The zero-order chi connectivity index (χ0) is 13.5. The van der Waals surface area contributed by atoms with E-state index in [2.05, 4.69) is 17.5 Å². The fourth-order valence-electron chi connectivity index (χ4n) is 3.60. The molecular weight excluding hydrogens is 240 g/mol. The Hall–Kier alpha value is -1.58. The van der Waals surface area contributed by atoms with E-state index in [4.69, 9.17) is 4.42 Å². The summed E-state index contributed by atoms with van der Waals surface area (Å²) in [6.45, 7) is 4.12. The zero-order valence-electron chi connectivity index (χ0n) is 11.5. The van der Waals surface area contributed by atoms with E-state index in [0.29, 0.717) is 11.7 Å². The zero-order valence-corrected chi connectivity index (χ0v) is 11.5. The molecule has 102 valence electrons. The molecule has 1 aromatic rings. The average Bonchev–Trinajstić information content (AvgIpc) is 2.81. The molecule has 3 rings (SSSR count). The van der Waals surface area contributed by atoms with E-state index >= 15 is 0 Å². The Morgan fingerprint density at radius 1 is 1.53 bits per heavy atom. The molecule has 0 aromatic carbocycles. The first-order valence-corrected chi connectivity index (χ1v) is 7.00. The Labute approximate surface area is 113 Å². The number of carbonyl (C=O) groups excluding carboxylic acids is 1. The number of rotatable bonds is 3. The molecule has 0 bridgehead atoms. The van der Waals surface area contributed by atoms with Gasteiger partial charge in [-0.2, -0.15) is 5.10 Å². The Morgan fingerprint density at radius 2 is 2.37 bits per heavy atom. The molecule has 2 saturated carbocycles. The van der Waals surface area contributed by atoms with Crippen molar-refractivity contribution in [1.29, 1.82) is 0 Å². The molecule has 3 atom stereocenters. The van der Waals surface area contributed by atoms with Gasteiger partial charge in [-0.15, -0.1) is 0 Å². The maximum Gasteiger partial charge on any atom is 0.244 e. The highest BCUT2D eigenvalue weighted by Crippen LogP contribution is 2.66. The summed E-state index contributed by atoms with van der Waals surface area (Å²) in [5, 5.41) is 3.99. The molecule has 19 heavy (non-hydrogen) atoms. The van der Waals surface area contributed by atoms with Crippen molar-refractivity contribution >= 4 is 12.1 Å². The van der Waals surface area contributed by atoms with Crippen molar-refractivity contribution in [3.05, 3.63) is 23.7 Å². The highest BCUT2D eigenvalue weighted by atomic mass is 16.3. The van der Waals surface area contributed by atoms with Crippen LogP contribution in [0.25, 0.3) is 0 Å². The van der Waals surface area contributed by atoms with Crippen molar-refractivity contribution in [2.24, 2.45) is 22.4 Å². The number of carbonyl (C=O) groups is 1. The van der Waals surface area contributed by atoms with Crippen LogP contribution in [0.4, 0.5) is 0 Å². The number of hydrazone groups is 1. The minimum atomic E-state index is 0.0638. The fraction of sp³-hybridized carbons (Fsp3) is 0.600. The number of nitrogens with zero attached hydrogens (tertiary/aromatic N) is 1. The largest absolute Gasteiger partial charge is 0.460 e. The maximum atomic E-state index is 12.1. The van der Waals surface area contributed by atoms with Gasteiger partial charge in [0.05, 0.1) is 6.21 Å². The van der Waals surface area contributed by atoms with Crippen LogP contribution in [0.3, 0.4) is 0 Å². The molecule has 0 spiro atoms. The third-order valence-corrected chi connectivity index (χ3v) is 4.74. The third-order valence-electron chi connectivity index (χ3n) is 4.74. The summed E-state index contributed by atoms with van der Waals surface area (Å²) in [7, 11) is 0. The lowest BCUT2D eigenvalue weighted by Crippen LogP contribution is -2.22. The van der Waals surface area contributed by atoms with Crippen molar-refractivity contribution in [2.45, 2.75) is 39.5 Å². The predicted molar refractivity (Wildman–Crippen MR) is 72.7 cm³/mol. The number of hydrogen-bond acceptors (Lipinski definition) is 3. The van der Waals surface area contributed by atoms with Gasteiger partial charge in [0.1, 0.15) is 11.5 Å². The van der Waals surface area contributed by atoms with E-state index in [9.17, 15) is 4.79 Å². The van der Waals surface area contributed by atoms with Gasteiger partial charge >= 0.3 is 0 Å². The molecular formula is C15H20N2O2. The summed E-state index contributed by atoms with van der Waals surface area (Å²) in [5.74, 6) is 2.30. The number of furan rings is 1. The van der Waals surface area contributed by atoms with Gasteiger partial charge < -0.3 is 4.42 Å². The van der Waals surface area contributed by atoms with Gasteiger partial charge in [0.15, 0.2) is 0 Å².